The van der Waals surface area contributed by atoms with E-state index >= 15 is 0 Å². The number of ether oxygens (including phenoxy) is 2. The van der Waals surface area contributed by atoms with Crippen LogP contribution in [0.2, 0.25) is 0 Å². The van der Waals surface area contributed by atoms with E-state index in [0.717, 1.165) is 39.2 Å². The molecule has 1 fully saturated rings. The first kappa shape index (κ1) is 17.9. The van der Waals surface area contributed by atoms with Crippen molar-refractivity contribution in [2.24, 2.45) is 5.41 Å². The maximum atomic E-state index is 6.25. The molecule has 1 rings (SSSR count). The molecule has 0 aromatic heterocycles. The molecule has 0 saturated carbocycles. The van der Waals surface area contributed by atoms with E-state index in [1.54, 1.807) is 0 Å². The third-order valence-electron chi connectivity index (χ3n) is 4.23. The summed E-state index contributed by atoms with van der Waals surface area (Å²) in [6.45, 7) is 14.8. The molecule has 1 unspecified atom stereocenters. The summed E-state index contributed by atoms with van der Waals surface area (Å²) in [6, 6.07) is 0.450. The number of hydrogen-bond donors (Lipinski definition) is 1. The van der Waals surface area contributed by atoms with Crippen LogP contribution in [0.5, 0.6) is 0 Å². The summed E-state index contributed by atoms with van der Waals surface area (Å²) in [7, 11) is 0. The molecule has 0 amide bonds. The molecular weight excluding hydrogens is 250 g/mol. The Morgan fingerprint density at radius 3 is 2.35 bits per heavy atom. The van der Waals surface area contributed by atoms with Gasteiger partial charge in [-0.25, -0.2) is 0 Å². The van der Waals surface area contributed by atoms with Crippen LogP contribution in [0.3, 0.4) is 0 Å². The van der Waals surface area contributed by atoms with E-state index in [1.165, 1.54) is 19.3 Å². The summed E-state index contributed by atoms with van der Waals surface area (Å²) >= 11 is 0. The van der Waals surface area contributed by atoms with E-state index in [-0.39, 0.29) is 5.60 Å². The molecule has 1 saturated heterocycles. The van der Waals surface area contributed by atoms with Crippen molar-refractivity contribution >= 4 is 0 Å². The van der Waals surface area contributed by atoms with Crippen LogP contribution in [-0.4, -0.2) is 38.0 Å². The van der Waals surface area contributed by atoms with E-state index in [2.05, 4.69) is 39.9 Å². The van der Waals surface area contributed by atoms with Crippen molar-refractivity contribution in [3.63, 3.8) is 0 Å². The highest BCUT2D eigenvalue weighted by Crippen LogP contribution is 2.33. The van der Waals surface area contributed by atoms with Gasteiger partial charge >= 0.3 is 0 Å². The van der Waals surface area contributed by atoms with Gasteiger partial charge in [0, 0.05) is 38.7 Å². The van der Waals surface area contributed by atoms with Crippen molar-refractivity contribution in [1.82, 2.24) is 5.32 Å². The zero-order valence-electron chi connectivity index (χ0n) is 14.3. The van der Waals surface area contributed by atoms with Gasteiger partial charge in [0.15, 0.2) is 0 Å². The molecule has 0 aromatic carbocycles. The minimum Gasteiger partial charge on any atom is -0.381 e. The minimum absolute atomic E-state index is 0.0204. The van der Waals surface area contributed by atoms with Gasteiger partial charge in [-0.2, -0.15) is 0 Å². The predicted octanol–water partition coefficient (Wildman–Crippen LogP) is 3.77. The first-order valence-corrected chi connectivity index (χ1v) is 8.38. The SMILES string of the molecule is CCCNC(CCC(C)(C)C)C1(OCC)CCOCC1. The molecule has 1 N–H and O–H groups in total. The number of hydrogen-bond acceptors (Lipinski definition) is 3. The largest absolute Gasteiger partial charge is 0.381 e. The van der Waals surface area contributed by atoms with Gasteiger partial charge in [0.05, 0.1) is 5.60 Å². The van der Waals surface area contributed by atoms with Gasteiger partial charge in [-0.1, -0.05) is 27.7 Å². The summed E-state index contributed by atoms with van der Waals surface area (Å²) in [5, 5.41) is 3.76. The van der Waals surface area contributed by atoms with Crippen LogP contribution in [0.15, 0.2) is 0 Å². The second kappa shape index (κ2) is 8.35. The molecule has 0 spiro atoms. The topological polar surface area (TPSA) is 30.5 Å². The van der Waals surface area contributed by atoms with Crippen molar-refractivity contribution in [2.75, 3.05) is 26.4 Å². The van der Waals surface area contributed by atoms with Gasteiger partial charge < -0.3 is 14.8 Å². The fourth-order valence-electron chi connectivity index (χ4n) is 3.04. The fraction of sp³-hybridized carbons (Fsp3) is 1.00. The lowest BCUT2D eigenvalue weighted by Crippen LogP contribution is -2.56. The Hall–Kier alpha value is -0.120. The van der Waals surface area contributed by atoms with Gasteiger partial charge in [0.2, 0.25) is 0 Å². The standard InChI is InChI=1S/C17H35NO2/c1-6-12-18-15(8-9-16(3,4)5)17(20-7-2)10-13-19-14-11-17/h15,18H,6-14H2,1-5H3. The van der Waals surface area contributed by atoms with Gasteiger partial charge in [0.25, 0.3) is 0 Å². The van der Waals surface area contributed by atoms with Crippen LogP contribution in [0, 0.1) is 5.41 Å². The Bertz CT molecular complexity index is 249. The van der Waals surface area contributed by atoms with Gasteiger partial charge in [-0.15, -0.1) is 0 Å². The van der Waals surface area contributed by atoms with Crippen molar-refractivity contribution < 1.29 is 9.47 Å². The minimum atomic E-state index is -0.0204. The van der Waals surface area contributed by atoms with Crippen molar-refractivity contribution in [1.29, 1.82) is 0 Å². The highest BCUT2D eigenvalue weighted by Gasteiger charge is 2.41. The first-order chi connectivity index (χ1) is 9.43. The fourth-order valence-corrected chi connectivity index (χ4v) is 3.04. The maximum absolute atomic E-state index is 6.25. The predicted molar refractivity (Wildman–Crippen MR) is 85.2 cm³/mol. The molecule has 0 aliphatic carbocycles. The van der Waals surface area contributed by atoms with Crippen LogP contribution in [0.25, 0.3) is 0 Å². The molecule has 3 nitrogen and oxygen atoms in total. The Morgan fingerprint density at radius 1 is 1.20 bits per heavy atom. The highest BCUT2D eigenvalue weighted by molar-refractivity contribution is 4.95. The average Bonchev–Trinajstić information content (AvgIpc) is 2.39. The Morgan fingerprint density at radius 2 is 1.85 bits per heavy atom. The van der Waals surface area contributed by atoms with E-state index < -0.39 is 0 Å². The Kier molecular flexibility index (Phi) is 7.49. The van der Waals surface area contributed by atoms with E-state index in [0.29, 0.717) is 11.5 Å². The summed E-state index contributed by atoms with van der Waals surface area (Å²) in [5.74, 6) is 0. The third-order valence-corrected chi connectivity index (χ3v) is 4.23. The average molecular weight is 285 g/mol. The molecule has 3 heteroatoms. The molecule has 0 aromatic rings. The molecule has 20 heavy (non-hydrogen) atoms. The molecule has 1 atom stereocenters. The van der Waals surface area contributed by atoms with Crippen molar-refractivity contribution in [3.05, 3.63) is 0 Å². The second-order valence-electron chi connectivity index (χ2n) is 7.22. The van der Waals surface area contributed by atoms with Gasteiger partial charge in [-0.3, -0.25) is 0 Å². The Labute approximate surface area is 125 Å². The molecule has 0 radical (unpaired) electrons. The maximum Gasteiger partial charge on any atom is 0.0878 e. The van der Waals surface area contributed by atoms with Crippen molar-refractivity contribution in [3.8, 4) is 0 Å². The normalized spacial score (nSPS) is 20.9. The zero-order valence-corrected chi connectivity index (χ0v) is 14.3. The molecule has 1 aliphatic rings. The number of rotatable bonds is 8. The quantitative estimate of drug-likeness (QED) is 0.736. The van der Waals surface area contributed by atoms with Crippen LogP contribution in [-0.2, 0) is 9.47 Å². The lowest BCUT2D eigenvalue weighted by Gasteiger charge is -2.44. The van der Waals surface area contributed by atoms with E-state index in [1.807, 2.05) is 0 Å². The molecule has 1 heterocycles. The lowest BCUT2D eigenvalue weighted by molar-refractivity contribution is -0.128. The smallest absolute Gasteiger partial charge is 0.0878 e. The van der Waals surface area contributed by atoms with Crippen LogP contribution in [0.1, 0.15) is 66.7 Å². The molecule has 1 aliphatic heterocycles. The summed E-state index contributed by atoms with van der Waals surface area (Å²) < 4.78 is 11.8. The number of nitrogens with one attached hydrogen (secondary N) is 1. The van der Waals surface area contributed by atoms with Gasteiger partial charge in [-0.05, 0) is 38.1 Å². The summed E-state index contributed by atoms with van der Waals surface area (Å²) in [5.41, 5.74) is 0.359. The summed E-state index contributed by atoms with van der Waals surface area (Å²) in [4.78, 5) is 0. The molecule has 120 valence electrons. The monoisotopic (exact) mass is 285 g/mol. The van der Waals surface area contributed by atoms with Crippen LogP contribution in [0.4, 0.5) is 0 Å². The zero-order chi connectivity index (χ0) is 15.1. The van der Waals surface area contributed by atoms with E-state index in [9.17, 15) is 0 Å². The van der Waals surface area contributed by atoms with Crippen molar-refractivity contribution in [2.45, 2.75) is 78.4 Å². The first-order valence-electron chi connectivity index (χ1n) is 8.38. The summed E-state index contributed by atoms with van der Waals surface area (Å²) in [6.07, 6.45) is 5.62. The Balaban J connectivity index is 2.74. The van der Waals surface area contributed by atoms with Crippen LogP contribution >= 0.6 is 0 Å². The van der Waals surface area contributed by atoms with Crippen LogP contribution < -0.4 is 5.32 Å². The molecule has 0 bridgehead atoms. The van der Waals surface area contributed by atoms with Gasteiger partial charge in [0.1, 0.15) is 0 Å². The highest BCUT2D eigenvalue weighted by atomic mass is 16.5. The third kappa shape index (κ3) is 5.71. The second-order valence-corrected chi connectivity index (χ2v) is 7.22. The molecular formula is C17H35NO2. The lowest BCUT2D eigenvalue weighted by atomic mass is 9.79. The van der Waals surface area contributed by atoms with E-state index in [4.69, 9.17) is 9.47 Å².